The Morgan fingerprint density at radius 3 is 2.25 bits per heavy atom. The van der Waals surface area contributed by atoms with Crippen LogP contribution in [-0.4, -0.2) is 19.4 Å². The van der Waals surface area contributed by atoms with Gasteiger partial charge in [-0.05, 0) is 66.2 Å². The van der Waals surface area contributed by atoms with Gasteiger partial charge in [-0.25, -0.2) is 12.8 Å². The van der Waals surface area contributed by atoms with Gasteiger partial charge >= 0.3 is 0 Å². The van der Waals surface area contributed by atoms with E-state index in [4.69, 9.17) is 5.11 Å². The maximum atomic E-state index is 13.0. The third kappa shape index (κ3) is 4.73. The van der Waals surface area contributed by atoms with E-state index >= 15 is 0 Å². The SMILES string of the molecule is O=C(Nc1cccc(CO)c1)c1ccc(NS(=O)(=O)c2ccc(F)cc2)cc1. The Morgan fingerprint density at radius 1 is 0.929 bits per heavy atom. The largest absolute Gasteiger partial charge is 0.392 e. The summed E-state index contributed by atoms with van der Waals surface area (Å²) < 4.78 is 39.9. The van der Waals surface area contributed by atoms with Crippen molar-refractivity contribution < 1.29 is 22.7 Å². The van der Waals surface area contributed by atoms with Crippen molar-refractivity contribution in [1.82, 2.24) is 0 Å². The second-order valence-corrected chi connectivity index (χ2v) is 7.63. The molecule has 0 unspecified atom stereocenters. The molecule has 8 heteroatoms. The van der Waals surface area contributed by atoms with Gasteiger partial charge in [-0.15, -0.1) is 0 Å². The predicted octanol–water partition coefficient (Wildman–Crippen LogP) is 3.37. The highest BCUT2D eigenvalue weighted by molar-refractivity contribution is 7.92. The molecule has 0 spiro atoms. The van der Waals surface area contributed by atoms with E-state index in [-0.39, 0.29) is 23.1 Å². The molecule has 144 valence electrons. The highest BCUT2D eigenvalue weighted by atomic mass is 32.2. The Labute approximate surface area is 161 Å². The van der Waals surface area contributed by atoms with Gasteiger partial charge in [0.05, 0.1) is 11.5 Å². The summed E-state index contributed by atoms with van der Waals surface area (Å²) in [6, 6.07) is 17.1. The molecule has 0 radical (unpaired) electrons. The molecule has 0 aliphatic rings. The lowest BCUT2D eigenvalue weighted by Crippen LogP contribution is -2.14. The predicted molar refractivity (Wildman–Crippen MR) is 104 cm³/mol. The van der Waals surface area contributed by atoms with Crippen molar-refractivity contribution in [1.29, 1.82) is 0 Å². The molecule has 0 atom stereocenters. The monoisotopic (exact) mass is 400 g/mol. The number of amides is 1. The number of hydrogen-bond acceptors (Lipinski definition) is 4. The zero-order valence-corrected chi connectivity index (χ0v) is 15.4. The number of benzene rings is 3. The number of carbonyl (C=O) groups excluding carboxylic acids is 1. The van der Waals surface area contributed by atoms with E-state index in [1.807, 2.05) is 0 Å². The van der Waals surface area contributed by atoms with Gasteiger partial charge in [0.15, 0.2) is 0 Å². The number of anilines is 2. The average Bonchev–Trinajstić information content (AvgIpc) is 2.68. The maximum Gasteiger partial charge on any atom is 0.261 e. The molecule has 0 saturated carbocycles. The first-order chi connectivity index (χ1) is 13.4. The van der Waals surface area contributed by atoms with Gasteiger partial charge in [0.25, 0.3) is 15.9 Å². The van der Waals surface area contributed by atoms with E-state index in [9.17, 15) is 17.6 Å². The fraction of sp³-hybridized carbons (Fsp3) is 0.0500. The number of hydrogen-bond donors (Lipinski definition) is 3. The number of aliphatic hydroxyl groups excluding tert-OH is 1. The van der Waals surface area contributed by atoms with Crippen molar-refractivity contribution in [2.45, 2.75) is 11.5 Å². The number of aliphatic hydroxyl groups is 1. The molecule has 3 aromatic carbocycles. The van der Waals surface area contributed by atoms with E-state index in [0.717, 1.165) is 12.1 Å². The second-order valence-electron chi connectivity index (χ2n) is 5.95. The molecule has 28 heavy (non-hydrogen) atoms. The molecule has 0 aromatic heterocycles. The van der Waals surface area contributed by atoms with E-state index in [2.05, 4.69) is 10.0 Å². The molecule has 1 amide bonds. The van der Waals surface area contributed by atoms with E-state index in [0.29, 0.717) is 16.8 Å². The molecule has 0 bridgehead atoms. The van der Waals surface area contributed by atoms with E-state index < -0.39 is 15.8 Å². The minimum atomic E-state index is -3.86. The van der Waals surface area contributed by atoms with Gasteiger partial charge in [0, 0.05) is 16.9 Å². The molecule has 3 rings (SSSR count). The van der Waals surface area contributed by atoms with Crippen LogP contribution in [0.15, 0.2) is 77.7 Å². The van der Waals surface area contributed by atoms with Crippen LogP contribution >= 0.6 is 0 Å². The lowest BCUT2D eigenvalue weighted by Gasteiger charge is -2.10. The Balaban J connectivity index is 1.70. The molecular formula is C20H17FN2O4S. The minimum absolute atomic E-state index is 0.0699. The first kappa shape index (κ1) is 19.5. The van der Waals surface area contributed by atoms with Crippen molar-refractivity contribution in [3.63, 3.8) is 0 Å². The molecular weight excluding hydrogens is 383 g/mol. The van der Waals surface area contributed by atoms with Crippen LogP contribution in [0.1, 0.15) is 15.9 Å². The summed E-state index contributed by atoms with van der Waals surface area (Å²) in [5.41, 5.74) is 1.81. The summed E-state index contributed by atoms with van der Waals surface area (Å²) in [5.74, 6) is -0.901. The smallest absolute Gasteiger partial charge is 0.261 e. The average molecular weight is 400 g/mol. The van der Waals surface area contributed by atoms with Crippen LogP contribution in [0, 0.1) is 5.82 Å². The lowest BCUT2D eigenvalue weighted by molar-refractivity contribution is 0.102. The lowest BCUT2D eigenvalue weighted by atomic mass is 10.1. The molecule has 6 nitrogen and oxygen atoms in total. The first-order valence-corrected chi connectivity index (χ1v) is 9.75. The molecule has 3 aromatic rings. The normalized spacial score (nSPS) is 11.1. The Hall–Kier alpha value is -3.23. The molecule has 0 aliphatic carbocycles. The quantitative estimate of drug-likeness (QED) is 0.591. The fourth-order valence-electron chi connectivity index (χ4n) is 2.47. The van der Waals surface area contributed by atoms with Crippen LogP contribution in [0.2, 0.25) is 0 Å². The van der Waals surface area contributed by atoms with Crippen LogP contribution in [0.5, 0.6) is 0 Å². The zero-order chi connectivity index (χ0) is 20.1. The third-order valence-electron chi connectivity index (χ3n) is 3.89. The highest BCUT2D eigenvalue weighted by Crippen LogP contribution is 2.18. The summed E-state index contributed by atoms with van der Waals surface area (Å²) in [5, 5.41) is 11.9. The number of carbonyl (C=O) groups is 1. The fourth-order valence-corrected chi connectivity index (χ4v) is 3.53. The number of sulfonamides is 1. The van der Waals surface area contributed by atoms with Crippen molar-refractivity contribution in [2.24, 2.45) is 0 Å². The maximum absolute atomic E-state index is 13.0. The highest BCUT2D eigenvalue weighted by Gasteiger charge is 2.14. The van der Waals surface area contributed by atoms with Gasteiger partial charge in [0.2, 0.25) is 0 Å². The van der Waals surface area contributed by atoms with Crippen LogP contribution in [0.4, 0.5) is 15.8 Å². The second kappa shape index (κ2) is 8.20. The van der Waals surface area contributed by atoms with E-state index in [1.54, 1.807) is 24.3 Å². The van der Waals surface area contributed by atoms with Crippen LogP contribution in [-0.2, 0) is 16.6 Å². The van der Waals surface area contributed by atoms with Gasteiger partial charge in [0.1, 0.15) is 5.82 Å². The molecule has 3 N–H and O–H groups in total. The Bertz CT molecular complexity index is 1080. The number of nitrogens with one attached hydrogen (secondary N) is 2. The number of rotatable bonds is 6. The summed E-state index contributed by atoms with van der Waals surface area (Å²) in [6.07, 6.45) is 0. The number of halogens is 1. The van der Waals surface area contributed by atoms with Gasteiger partial charge in [-0.3, -0.25) is 9.52 Å². The van der Waals surface area contributed by atoms with Gasteiger partial charge in [-0.2, -0.15) is 0 Å². The minimum Gasteiger partial charge on any atom is -0.392 e. The Morgan fingerprint density at radius 2 is 1.61 bits per heavy atom. The van der Waals surface area contributed by atoms with Crippen molar-refractivity contribution in [3.05, 3.63) is 89.7 Å². The molecule has 0 heterocycles. The molecule has 0 saturated heterocycles. The molecule has 0 aliphatic heterocycles. The van der Waals surface area contributed by atoms with Crippen molar-refractivity contribution in [2.75, 3.05) is 10.0 Å². The van der Waals surface area contributed by atoms with Crippen molar-refractivity contribution in [3.8, 4) is 0 Å². The Kier molecular flexibility index (Phi) is 5.72. The summed E-state index contributed by atoms with van der Waals surface area (Å²) in [4.78, 5) is 12.2. The topological polar surface area (TPSA) is 95.5 Å². The van der Waals surface area contributed by atoms with Crippen LogP contribution in [0.3, 0.4) is 0 Å². The summed E-state index contributed by atoms with van der Waals surface area (Å²) in [6.45, 7) is -0.132. The zero-order valence-electron chi connectivity index (χ0n) is 14.6. The van der Waals surface area contributed by atoms with E-state index in [1.165, 1.54) is 36.4 Å². The van der Waals surface area contributed by atoms with Gasteiger partial charge in [-0.1, -0.05) is 12.1 Å². The molecule has 0 fully saturated rings. The summed E-state index contributed by atoms with van der Waals surface area (Å²) >= 11 is 0. The van der Waals surface area contributed by atoms with Crippen molar-refractivity contribution >= 4 is 27.3 Å². The summed E-state index contributed by atoms with van der Waals surface area (Å²) in [7, 11) is -3.86. The van der Waals surface area contributed by atoms with Crippen LogP contribution in [0.25, 0.3) is 0 Å². The van der Waals surface area contributed by atoms with Gasteiger partial charge < -0.3 is 10.4 Å². The van der Waals surface area contributed by atoms with Crippen LogP contribution < -0.4 is 10.0 Å². The standard InChI is InChI=1S/C20H17FN2O4S/c21-16-6-10-19(11-7-16)28(26,27)23-17-8-4-15(5-9-17)20(25)22-18-3-1-2-14(12-18)13-24/h1-12,23-24H,13H2,(H,22,25). The first-order valence-electron chi connectivity index (χ1n) is 8.27. The third-order valence-corrected chi connectivity index (χ3v) is 5.29.